The second-order valence-electron chi connectivity index (χ2n) is 6.73. The molecule has 2 N–H and O–H groups in total. The van der Waals surface area contributed by atoms with Crippen molar-refractivity contribution in [1.29, 1.82) is 0 Å². The molecule has 4 rings (SSSR count). The number of rotatable bonds is 2. The maximum atomic E-state index is 12.8. The number of nitrogens with one attached hydrogen (secondary N) is 2. The molecule has 134 valence electrons. The first kappa shape index (κ1) is 16.4. The lowest BCUT2D eigenvalue weighted by Crippen LogP contribution is -2.39. The Hall–Kier alpha value is -3.09. The van der Waals surface area contributed by atoms with E-state index in [9.17, 15) is 4.79 Å². The minimum Gasteiger partial charge on any atom is -0.320 e. The van der Waals surface area contributed by atoms with E-state index >= 15 is 0 Å². The average molecular weight is 350 g/mol. The number of H-pyrrole nitrogens is 1. The number of nitrogens with zero attached hydrogens (tertiary/aromatic N) is 4. The van der Waals surface area contributed by atoms with Crippen molar-refractivity contribution >= 4 is 11.7 Å². The van der Waals surface area contributed by atoms with Gasteiger partial charge in [0.1, 0.15) is 0 Å². The molecule has 0 spiro atoms. The molecule has 0 aliphatic carbocycles. The fraction of sp³-hybridized carbons (Fsp3) is 0.316. The molecule has 0 bridgehead atoms. The lowest BCUT2D eigenvalue weighted by Gasteiger charge is -2.27. The quantitative estimate of drug-likeness (QED) is 0.745. The van der Waals surface area contributed by atoms with Gasteiger partial charge in [-0.1, -0.05) is 12.1 Å². The summed E-state index contributed by atoms with van der Waals surface area (Å²) in [5.74, 6) is 0. The number of aryl methyl sites for hydroxylation is 3. The number of hydrogen-bond acceptors (Lipinski definition) is 3. The van der Waals surface area contributed by atoms with Crippen molar-refractivity contribution < 1.29 is 4.79 Å². The predicted octanol–water partition coefficient (Wildman–Crippen LogP) is 3.11. The molecule has 1 aliphatic rings. The van der Waals surface area contributed by atoms with Crippen LogP contribution < -0.4 is 5.32 Å². The normalized spacial score (nSPS) is 13.6. The summed E-state index contributed by atoms with van der Waals surface area (Å²) in [6, 6.07) is 9.64. The molecule has 2 amide bonds. The Bertz CT molecular complexity index is 970. The molecule has 1 aliphatic heterocycles. The highest BCUT2D eigenvalue weighted by Gasteiger charge is 2.24. The van der Waals surface area contributed by atoms with Crippen molar-refractivity contribution in [2.75, 3.05) is 11.9 Å². The van der Waals surface area contributed by atoms with Crippen LogP contribution in [0.2, 0.25) is 0 Å². The molecule has 3 aromatic rings. The van der Waals surface area contributed by atoms with Gasteiger partial charge >= 0.3 is 6.03 Å². The summed E-state index contributed by atoms with van der Waals surface area (Å²) in [6.45, 7) is 7.19. The van der Waals surface area contributed by atoms with Crippen LogP contribution in [0.4, 0.5) is 10.5 Å². The number of carbonyl (C=O) groups is 1. The van der Waals surface area contributed by atoms with Crippen LogP contribution in [0.15, 0.2) is 30.3 Å². The van der Waals surface area contributed by atoms with E-state index in [1.165, 1.54) is 0 Å². The summed E-state index contributed by atoms with van der Waals surface area (Å²) < 4.78 is 1.86. The highest BCUT2D eigenvalue weighted by atomic mass is 16.2. The number of aromatic nitrogens is 4. The summed E-state index contributed by atoms with van der Waals surface area (Å²) >= 11 is 0. The number of urea groups is 1. The number of para-hydroxylation sites is 2. The standard InChI is InChI=1S/C19H22N6O/c1-12-10-13(2)25(23-12)18-7-5-4-6-17(18)20-19(26)24-9-8-16-15(11-24)14(3)21-22-16/h4-7,10H,8-9,11H2,1-3H3,(H,20,26)(H,21,22). The third-order valence-electron chi connectivity index (χ3n) is 4.80. The Morgan fingerprint density at radius 2 is 2.04 bits per heavy atom. The Balaban J connectivity index is 1.58. The van der Waals surface area contributed by atoms with E-state index in [1.807, 2.05) is 60.7 Å². The number of carbonyl (C=O) groups excluding carboxylic acids is 1. The molecule has 0 atom stereocenters. The molecule has 1 aromatic carbocycles. The van der Waals surface area contributed by atoms with Gasteiger partial charge in [-0.05, 0) is 39.0 Å². The number of anilines is 1. The van der Waals surface area contributed by atoms with Gasteiger partial charge in [0, 0.05) is 29.9 Å². The predicted molar refractivity (Wildman–Crippen MR) is 99.5 cm³/mol. The highest BCUT2D eigenvalue weighted by molar-refractivity contribution is 5.91. The molecule has 7 heteroatoms. The van der Waals surface area contributed by atoms with E-state index in [-0.39, 0.29) is 6.03 Å². The molecule has 26 heavy (non-hydrogen) atoms. The van der Waals surface area contributed by atoms with E-state index in [0.717, 1.165) is 46.1 Å². The zero-order valence-electron chi connectivity index (χ0n) is 15.2. The van der Waals surface area contributed by atoms with E-state index in [2.05, 4.69) is 20.6 Å². The van der Waals surface area contributed by atoms with E-state index in [1.54, 1.807) is 0 Å². The van der Waals surface area contributed by atoms with Crippen molar-refractivity contribution in [3.05, 3.63) is 58.7 Å². The number of benzene rings is 1. The zero-order valence-corrected chi connectivity index (χ0v) is 15.2. The van der Waals surface area contributed by atoms with Crippen LogP contribution in [0.5, 0.6) is 0 Å². The molecule has 3 heterocycles. The Kier molecular flexibility index (Phi) is 3.99. The van der Waals surface area contributed by atoms with Gasteiger partial charge in [-0.25, -0.2) is 9.48 Å². The molecule has 0 saturated heterocycles. The van der Waals surface area contributed by atoms with Gasteiger partial charge < -0.3 is 10.2 Å². The summed E-state index contributed by atoms with van der Waals surface area (Å²) in [5, 5.41) is 14.9. The number of hydrogen-bond donors (Lipinski definition) is 2. The lowest BCUT2D eigenvalue weighted by molar-refractivity contribution is 0.206. The first-order chi connectivity index (χ1) is 12.5. The smallest absolute Gasteiger partial charge is 0.320 e. The minimum absolute atomic E-state index is 0.106. The van der Waals surface area contributed by atoms with Gasteiger partial charge in [-0.3, -0.25) is 5.10 Å². The maximum absolute atomic E-state index is 12.8. The molecule has 7 nitrogen and oxygen atoms in total. The first-order valence-electron chi connectivity index (χ1n) is 8.74. The van der Waals surface area contributed by atoms with Crippen LogP contribution in [-0.4, -0.2) is 37.5 Å². The van der Waals surface area contributed by atoms with E-state index < -0.39 is 0 Å². The van der Waals surface area contributed by atoms with E-state index in [4.69, 9.17) is 0 Å². The first-order valence-corrected chi connectivity index (χ1v) is 8.74. The van der Waals surface area contributed by atoms with Crippen molar-refractivity contribution in [1.82, 2.24) is 24.9 Å². The minimum atomic E-state index is -0.106. The Labute approximate surface area is 152 Å². The van der Waals surface area contributed by atoms with Crippen molar-refractivity contribution in [2.45, 2.75) is 33.7 Å². The Morgan fingerprint density at radius 3 is 2.81 bits per heavy atom. The lowest BCUT2D eigenvalue weighted by atomic mass is 10.1. The monoisotopic (exact) mass is 350 g/mol. The summed E-state index contributed by atoms with van der Waals surface area (Å²) in [5.41, 5.74) is 6.80. The molecule has 0 radical (unpaired) electrons. The largest absolute Gasteiger partial charge is 0.322 e. The molecular formula is C19H22N6O. The summed E-state index contributed by atoms with van der Waals surface area (Å²) in [7, 11) is 0. The number of aromatic amines is 1. The second kappa shape index (κ2) is 6.33. The van der Waals surface area contributed by atoms with Gasteiger partial charge in [-0.2, -0.15) is 10.2 Å². The van der Waals surface area contributed by atoms with Gasteiger partial charge in [0.25, 0.3) is 0 Å². The van der Waals surface area contributed by atoms with Gasteiger partial charge in [0.15, 0.2) is 0 Å². The fourth-order valence-electron chi connectivity index (χ4n) is 3.43. The molecule has 2 aromatic heterocycles. The van der Waals surface area contributed by atoms with Crippen LogP contribution >= 0.6 is 0 Å². The van der Waals surface area contributed by atoms with Crippen LogP contribution in [0.1, 0.15) is 28.3 Å². The van der Waals surface area contributed by atoms with E-state index in [0.29, 0.717) is 13.1 Å². The fourth-order valence-corrected chi connectivity index (χ4v) is 3.43. The summed E-state index contributed by atoms with van der Waals surface area (Å²) in [4.78, 5) is 14.7. The third kappa shape index (κ3) is 2.85. The molecular weight excluding hydrogens is 328 g/mol. The molecule has 0 fully saturated rings. The molecule has 0 unspecified atom stereocenters. The van der Waals surface area contributed by atoms with Crippen molar-refractivity contribution in [2.24, 2.45) is 0 Å². The average Bonchev–Trinajstić information content (AvgIpc) is 3.17. The SMILES string of the molecule is Cc1cc(C)n(-c2ccccc2NC(=O)N2CCc3n[nH]c(C)c3C2)n1. The van der Waals surface area contributed by atoms with Crippen LogP contribution in [0.25, 0.3) is 5.69 Å². The van der Waals surface area contributed by atoms with Crippen LogP contribution in [0, 0.1) is 20.8 Å². The van der Waals surface area contributed by atoms with Gasteiger partial charge in [0.2, 0.25) is 0 Å². The maximum Gasteiger partial charge on any atom is 0.322 e. The third-order valence-corrected chi connectivity index (χ3v) is 4.80. The number of fused-ring (bicyclic) bond motifs is 1. The highest BCUT2D eigenvalue weighted by Crippen LogP contribution is 2.24. The van der Waals surface area contributed by atoms with Crippen LogP contribution in [-0.2, 0) is 13.0 Å². The zero-order chi connectivity index (χ0) is 18.3. The van der Waals surface area contributed by atoms with Crippen molar-refractivity contribution in [3.8, 4) is 5.69 Å². The van der Waals surface area contributed by atoms with Crippen LogP contribution in [0.3, 0.4) is 0 Å². The number of amides is 2. The van der Waals surface area contributed by atoms with Gasteiger partial charge in [0.05, 0.1) is 29.3 Å². The topological polar surface area (TPSA) is 78.8 Å². The van der Waals surface area contributed by atoms with Gasteiger partial charge in [-0.15, -0.1) is 0 Å². The summed E-state index contributed by atoms with van der Waals surface area (Å²) in [6.07, 6.45) is 0.770. The second-order valence-corrected chi connectivity index (χ2v) is 6.73. The van der Waals surface area contributed by atoms with Crippen molar-refractivity contribution in [3.63, 3.8) is 0 Å². The Morgan fingerprint density at radius 1 is 1.23 bits per heavy atom. The molecule has 0 saturated carbocycles.